The maximum absolute atomic E-state index is 14.0. The highest BCUT2D eigenvalue weighted by molar-refractivity contribution is 9.10. The molecule has 0 radical (unpaired) electrons. The van der Waals surface area contributed by atoms with Crippen LogP contribution in [0.15, 0.2) is 44.4 Å². The predicted molar refractivity (Wildman–Crippen MR) is 112 cm³/mol. The minimum absolute atomic E-state index is 0.0215. The number of rotatable bonds is 8. The number of ether oxygens (including phenoxy) is 2. The molecule has 1 atom stereocenters. The van der Waals surface area contributed by atoms with Crippen molar-refractivity contribution in [2.24, 2.45) is 5.73 Å². The van der Waals surface area contributed by atoms with Gasteiger partial charge in [-0.15, -0.1) is 0 Å². The summed E-state index contributed by atoms with van der Waals surface area (Å²) >= 11 is 3.10. The summed E-state index contributed by atoms with van der Waals surface area (Å²) in [4.78, 5) is 28.0. The molecule has 3 rings (SSSR count). The largest absolute Gasteiger partial charge is 0.474 e. The van der Waals surface area contributed by atoms with Crippen molar-refractivity contribution in [3.8, 4) is 17.1 Å². The van der Waals surface area contributed by atoms with E-state index in [1.807, 2.05) is 0 Å². The Kier molecular flexibility index (Phi) is 7.04. The summed E-state index contributed by atoms with van der Waals surface area (Å²) in [5.74, 6) is -2.14. The molecule has 0 fully saturated rings. The molecule has 2 heterocycles. The van der Waals surface area contributed by atoms with Crippen LogP contribution in [-0.2, 0) is 21.6 Å². The molecule has 0 saturated carbocycles. The zero-order chi connectivity index (χ0) is 23.5. The molecule has 0 amide bonds. The van der Waals surface area contributed by atoms with Gasteiger partial charge in [-0.05, 0) is 41.9 Å². The van der Waals surface area contributed by atoms with Crippen molar-refractivity contribution < 1.29 is 27.6 Å². The van der Waals surface area contributed by atoms with E-state index in [0.717, 1.165) is 23.0 Å². The van der Waals surface area contributed by atoms with Gasteiger partial charge in [0.05, 0.1) is 12.2 Å². The van der Waals surface area contributed by atoms with Crippen LogP contribution in [0.5, 0.6) is 5.88 Å². The van der Waals surface area contributed by atoms with Gasteiger partial charge in [-0.2, -0.15) is 0 Å². The summed E-state index contributed by atoms with van der Waals surface area (Å²) in [5, 5.41) is 3.70. The summed E-state index contributed by atoms with van der Waals surface area (Å²) in [7, 11) is 0. The predicted octanol–water partition coefficient (Wildman–Crippen LogP) is 2.76. The number of nitrogens with zero attached hydrogens (tertiary/aromatic N) is 3. The van der Waals surface area contributed by atoms with Gasteiger partial charge < -0.3 is 19.7 Å². The Bertz CT molecular complexity index is 1170. The highest BCUT2D eigenvalue weighted by Gasteiger charge is 2.30. The first-order chi connectivity index (χ1) is 15.1. The van der Waals surface area contributed by atoms with E-state index < -0.39 is 28.7 Å². The maximum atomic E-state index is 14.0. The fourth-order valence-electron chi connectivity index (χ4n) is 2.70. The van der Waals surface area contributed by atoms with Crippen molar-refractivity contribution >= 4 is 21.9 Å². The van der Waals surface area contributed by atoms with Crippen molar-refractivity contribution in [2.45, 2.75) is 25.9 Å². The molecule has 9 nitrogen and oxygen atoms in total. The molecule has 0 aliphatic rings. The van der Waals surface area contributed by atoms with Crippen molar-refractivity contribution in [3.05, 3.63) is 62.8 Å². The molecule has 2 N–H and O–H groups in total. The van der Waals surface area contributed by atoms with E-state index in [1.54, 1.807) is 13.8 Å². The van der Waals surface area contributed by atoms with Gasteiger partial charge in [0.2, 0.25) is 5.88 Å². The Morgan fingerprint density at radius 3 is 2.69 bits per heavy atom. The first kappa shape index (κ1) is 23.5. The number of carbonyl (C=O) groups is 1. The molecule has 32 heavy (non-hydrogen) atoms. The topological polar surface area (TPSA) is 122 Å². The van der Waals surface area contributed by atoms with Gasteiger partial charge in [0.1, 0.15) is 46.8 Å². The van der Waals surface area contributed by atoms with E-state index in [-0.39, 0.29) is 47.1 Å². The average Bonchev–Trinajstić information content (AvgIpc) is 3.22. The molecule has 170 valence electrons. The Hall–Kier alpha value is -3.12. The summed E-state index contributed by atoms with van der Waals surface area (Å²) in [6, 6.07) is 4.75. The molecule has 12 heteroatoms. The zero-order valence-corrected chi connectivity index (χ0v) is 18.7. The molecular weight excluding hydrogens is 494 g/mol. The van der Waals surface area contributed by atoms with Gasteiger partial charge in [-0.25, -0.2) is 13.8 Å². The van der Waals surface area contributed by atoms with Crippen LogP contribution >= 0.6 is 15.9 Å². The lowest BCUT2D eigenvalue weighted by Gasteiger charge is -2.21. The molecule has 0 spiro atoms. The Morgan fingerprint density at radius 2 is 2.03 bits per heavy atom. The van der Waals surface area contributed by atoms with Crippen LogP contribution in [-0.4, -0.2) is 33.9 Å². The Balaban J connectivity index is 1.76. The van der Waals surface area contributed by atoms with Crippen LogP contribution in [0.4, 0.5) is 8.78 Å². The van der Waals surface area contributed by atoms with E-state index in [1.165, 1.54) is 12.1 Å². The standard InChI is InChI=1S/C20H19BrF2N4O5/c1-3-30-15(28)8-27-10-25-18(17(21)19(27)29)31-9-20(2,24)14-7-13(26-32-14)16-11(22)5-4-6-12(16)23/h4-7,10H,3,8-9,24H2,1-2H3/t20-/m0/s1. The number of halogens is 3. The van der Waals surface area contributed by atoms with E-state index in [2.05, 4.69) is 26.1 Å². The lowest BCUT2D eigenvalue weighted by molar-refractivity contribution is -0.143. The zero-order valence-electron chi connectivity index (χ0n) is 17.1. The molecule has 0 aliphatic carbocycles. The van der Waals surface area contributed by atoms with Gasteiger partial charge in [0, 0.05) is 6.07 Å². The summed E-state index contributed by atoms with van der Waals surface area (Å²) in [6.45, 7) is 2.87. The number of carbonyl (C=O) groups excluding carboxylic acids is 1. The van der Waals surface area contributed by atoms with Crippen molar-refractivity contribution in [2.75, 3.05) is 13.2 Å². The van der Waals surface area contributed by atoms with Gasteiger partial charge in [-0.1, -0.05) is 11.2 Å². The second kappa shape index (κ2) is 9.57. The third kappa shape index (κ3) is 5.02. The fourth-order valence-corrected chi connectivity index (χ4v) is 3.15. The third-order valence-corrected chi connectivity index (χ3v) is 5.03. The first-order valence-corrected chi connectivity index (χ1v) is 10.2. The van der Waals surface area contributed by atoms with Crippen molar-refractivity contribution in [1.82, 2.24) is 14.7 Å². The molecular formula is C20H19BrF2N4O5. The maximum Gasteiger partial charge on any atom is 0.326 e. The highest BCUT2D eigenvalue weighted by Crippen LogP contribution is 2.29. The minimum atomic E-state index is -1.28. The first-order valence-electron chi connectivity index (χ1n) is 9.38. The van der Waals surface area contributed by atoms with Gasteiger partial charge in [0.15, 0.2) is 5.76 Å². The van der Waals surface area contributed by atoms with Crippen LogP contribution < -0.4 is 16.0 Å². The number of aromatic nitrogens is 3. The second-order valence-corrected chi connectivity index (χ2v) is 7.77. The Morgan fingerprint density at radius 1 is 1.34 bits per heavy atom. The van der Waals surface area contributed by atoms with E-state index in [4.69, 9.17) is 19.7 Å². The highest BCUT2D eigenvalue weighted by atomic mass is 79.9. The monoisotopic (exact) mass is 512 g/mol. The smallest absolute Gasteiger partial charge is 0.326 e. The number of nitrogens with two attached hydrogens (primary N) is 1. The quantitative estimate of drug-likeness (QED) is 0.457. The number of benzene rings is 1. The van der Waals surface area contributed by atoms with Crippen molar-refractivity contribution in [1.29, 1.82) is 0 Å². The third-order valence-electron chi connectivity index (χ3n) is 4.36. The van der Waals surface area contributed by atoms with E-state index >= 15 is 0 Å². The van der Waals surface area contributed by atoms with E-state index in [0.29, 0.717) is 0 Å². The molecule has 3 aromatic rings. The van der Waals surface area contributed by atoms with Crippen LogP contribution in [0.25, 0.3) is 11.3 Å². The fraction of sp³-hybridized carbons (Fsp3) is 0.300. The van der Waals surface area contributed by atoms with E-state index in [9.17, 15) is 18.4 Å². The molecule has 0 aliphatic heterocycles. The summed E-state index contributed by atoms with van der Waals surface area (Å²) in [5.41, 5.74) is 4.00. The normalized spacial score (nSPS) is 12.9. The van der Waals surface area contributed by atoms with Gasteiger partial charge in [0.25, 0.3) is 5.56 Å². The molecule has 1 aromatic carbocycles. The number of hydrogen-bond acceptors (Lipinski definition) is 8. The molecule has 0 bridgehead atoms. The molecule has 0 unspecified atom stereocenters. The Labute approximate surface area is 189 Å². The SMILES string of the molecule is CCOC(=O)Cn1cnc(OC[C@](C)(N)c2cc(-c3c(F)cccc3F)no2)c(Br)c1=O. The minimum Gasteiger partial charge on any atom is -0.474 e. The number of esters is 1. The van der Waals surface area contributed by atoms with Crippen LogP contribution in [0.3, 0.4) is 0 Å². The summed E-state index contributed by atoms with van der Waals surface area (Å²) in [6.07, 6.45) is 1.14. The lowest BCUT2D eigenvalue weighted by Crippen LogP contribution is -2.39. The molecule has 2 aromatic heterocycles. The summed E-state index contributed by atoms with van der Waals surface area (Å²) < 4.78 is 44.6. The van der Waals surface area contributed by atoms with Crippen molar-refractivity contribution in [3.63, 3.8) is 0 Å². The van der Waals surface area contributed by atoms with Crippen LogP contribution in [0.2, 0.25) is 0 Å². The lowest BCUT2D eigenvalue weighted by atomic mass is 10.0. The van der Waals surface area contributed by atoms with Gasteiger partial charge in [-0.3, -0.25) is 14.2 Å². The average molecular weight is 513 g/mol. The van der Waals surface area contributed by atoms with Crippen LogP contribution in [0, 0.1) is 11.6 Å². The second-order valence-electron chi connectivity index (χ2n) is 6.98. The molecule has 0 saturated heterocycles. The van der Waals surface area contributed by atoms with Crippen LogP contribution in [0.1, 0.15) is 19.6 Å². The number of hydrogen-bond donors (Lipinski definition) is 1. The van der Waals surface area contributed by atoms with Gasteiger partial charge >= 0.3 is 5.97 Å².